The van der Waals surface area contributed by atoms with Crippen molar-refractivity contribution in [2.24, 2.45) is 0 Å². The fourth-order valence-electron chi connectivity index (χ4n) is 5.03. The van der Waals surface area contributed by atoms with Crippen molar-refractivity contribution in [3.05, 3.63) is 65.5 Å². The van der Waals surface area contributed by atoms with E-state index in [1.165, 1.54) is 12.4 Å². The van der Waals surface area contributed by atoms with Crippen LogP contribution < -0.4 is 0 Å². The number of carbonyl (C=O) groups excluding carboxylic acids is 1. The maximum Gasteiger partial charge on any atom is 0.416 e. The molecule has 2 aromatic carbocycles. The largest absolute Gasteiger partial charge is 0.444 e. The van der Waals surface area contributed by atoms with Crippen LogP contribution in [0.1, 0.15) is 57.2 Å². The molecule has 1 N–H and O–H groups in total. The van der Waals surface area contributed by atoms with E-state index in [0.29, 0.717) is 49.1 Å². The third kappa shape index (κ3) is 10.6. The Labute approximate surface area is 260 Å². The molecule has 0 atom stereocenters. The van der Waals surface area contributed by atoms with Gasteiger partial charge in [0, 0.05) is 45.4 Å². The summed E-state index contributed by atoms with van der Waals surface area (Å²) >= 11 is 0. The molecule has 3 aromatic rings. The number of alkyl halides is 3. The number of aromatic amines is 1. The number of nitrogens with zero attached hydrogens (tertiary/aromatic N) is 2. The molecule has 4 rings (SSSR count). The molecule has 0 unspecified atom stereocenters. The van der Waals surface area contributed by atoms with Crippen molar-refractivity contribution < 1.29 is 32.2 Å². The summed E-state index contributed by atoms with van der Waals surface area (Å²) in [5.74, 6) is 0. The number of benzene rings is 2. The number of ether oxygens (including phenoxy) is 3. The fraction of sp³-hybridized carbons (Fsp3) is 0.576. The predicted octanol–water partition coefficient (Wildman–Crippen LogP) is 8.43. The number of piperidine rings is 1. The highest BCUT2D eigenvalue weighted by Gasteiger charge is 2.39. The minimum Gasteiger partial charge on any atom is -0.444 e. The molecule has 11 heteroatoms. The second-order valence-corrected chi connectivity index (χ2v) is 19.2. The average Bonchev–Trinajstić information content (AvgIpc) is 3.42. The molecule has 1 amide bonds. The number of carbonyl (C=O) groups is 1. The van der Waals surface area contributed by atoms with Crippen molar-refractivity contribution in [2.45, 2.75) is 90.0 Å². The molecule has 7 nitrogen and oxygen atoms in total. The van der Waals surface area contributed by atoms with Gasteiger partial charge in [0.15, 0.2) is 0 Å². The van der Waals surface area contributed by atoms with E-state index in [2.05, 4.69) is 29.6 Å². The molecule has 0 aliphatic carbocycles. The van der Waals surface area contributed by atoms with Gasteiger partial charge in [0.2, 0.25) is 0 Å². The Bertz CT molecular complexity index is 1330. The molecule has 0 radical (unpaired) electrons. The third-order valence-corrected chi connectivity index (χ3v) is 9.23. The number of amides is 1. The Balaban J connectivity index is 0.000000512. The van der Waals surface area contributed by atoms with Gasteiger partial charge in [-0.15, -0.1) is 0 Å². The van der Waals surface area contributed by atoms with Gasteiger partial charge in [-0.05, 0) is 64.3 Å². The molecule has 1 saturated heterocycles. The van der Waals surface area contributed by atoms with E-state index in [0.717, 1.165) is 30.9 Å². The lowest BCUT2D eigenvalue weighted by atomic mass is 9.73. The molecule has 0 bridgehead atoms. The van der Waals surface area contributed by atoms with Crippen LogP contribution in [0.4, 0.5) is 18.0 Å². The van der Waals surface area contributed by atoms with Gasteiger partial charge < -0.3 is 24.1 Å². The van der Waals surface area contributed by atoms with Crippen molar-refractivity contribution in [3.63, 3.8) is 0 Å². The summed E-state index contributed by atoms with van der Waals surface area (Å²) in [6.07, 6.45) is -2.13. The SMILES string of the molecule is CC(C)(C)OC(=O)N1CCC(COCc2cc(C(F)(F)F)cc3[nH]cnc23)(c2ccccc2)CC1.CCOCC[Si](C)(C)C. The molecular weight excluding hydrogens is 587 g/mol. The molecule has 1 aliphatic rings. The lowest BCUT2D eigenvalue weighted by Gasteiger charge is -2.42. The highest BCUT2D eigenvalue weighted by Crippen LogP contribution is 2.37. The summed E-state index contributed by atoms with van der Waals surface area (Å²) in [6, 6.07) is 13.4. The van der Waals surface area contributed by atoms with Crippen LogP contribution in [0.2, 0.25) is 25.7 Å². The summed E-state index contributed by atoms with van der Waals surface area (Å²) < 4.78 is 57.0. The topological polar surface area (TPSA) is 76.7 Å². The normalized spacial score (nSPS) is 15.5. The van der Waals surface area contributed by atoms with Crippen molar-refractivity contribution in [1.82, 2.24) is 14.9 Å². The number of hydrogen-bond donors (Lipinski definition) is 1. The van der Waals surface area contributed by atoms with Gasteiger partial charge in [0.1, 0.15) is 5.60 Å². The number of likely N-dealkylation sites (tertiary alicyclic amines) is 1. The second-order valence-electron chi connectivity index (χ2n) is 13.5. The van der Waals surface area contributed by atoms with Crippen molar-refractivity contribution >= 4 is 25.2 Å². The molecule has 1 aliphatic heterocycles. The molecule has 244 valence electrons. The van der Waals surface area contributed by atoms with E-state index >= 15 is 0 Å². The highest BCUT2D eigenvalue weighted by atomic mass is 28.3. The number of rotatable bonds is 9. The summed E-state index contributed by atoms with van der Waals surface area (Å²) in [6.45, 7) is 17.8. The number of imidazole rings is 1. The number of halogens is 3. The molecule has 44 heavy (non-hydrogen) atoms. The zero-order valence-electron chi connectivity index (χ0n) is 27.1. The first-order valence-corrected chi connectivity index (χ1v) is 19.0. The molecule has 1 aromatic heterocycles. The fourth-order valence-corrected chi connectivity index (χ4v) is 5.78. The summed E-state index contributed by atoms with van der Waals surface area (Å²) in [5.41, 5.74) is 0.566. The minimum atomic E-state index is -4.46. The zero-order chi connectivity index (χ0) is 32.6. The van der Waals surface area contributed by atoms with E-state index in [1.54, 1.807) is 4.90 Å². The van der Waals surface area contributed by atoms with Crippen LogP contribution >= 0.6 is 0 Å². The Kier molecular flexibility index (Phi) is 12.1. The average molecular weight is 636 g/mol. The van der Waals surface area contributed by atoms with Crippen LogP contribution in [0, 0.1) is 0 Å². The van der Waals surface area contributed by atoms with Gasteiger partial charge in [-0.3, -0.25) is 0 Å². The maximum absolute atomic E-state index is 13.4. The van der Waals surface area contributed by atoms with Gasteiger partial charge >= 0.3 is 12.3 Å². The van der Waals surface area contributed by atoms with Crippen LogP contribution in [0.5, 0.6) is 0 Å². The van der Waals surface area contributed by atoms with Crippen molar-refractivity contribution in [2.75, 3.05) is 32.9 Å². The summed E-state index contributed by atoms with van der Waals surface area (Å²) in [4.78, 5) is 21.2. The van der Waals surface area contributed by atoms with E-state index in [1.807, 2.05) is 58.0 Å². The first-order chi connectivity index (χ1) is 20.5. The number of hydrogen-bond acceptors (Lipinski definition) is 5. The van der Waals surface area contributed by atoms with Gasteiger partial charge in [0.05, 0.1) is 36.1 Å². The lowest BCUT2D eigenvalue weighted by molar-refractivity contribution is -0.137. The summed E-state index contributed by atoms with van der Waals surface area (Å²) in [5, 5.41) is 0. The smallest absolute Gasteiger partial charge is 0.416 e. The van der Waals surface area contributed by atoms with Crippen LogP contribution in [0.15, 0.2) is 48.8 Å². The van der Waals surface area contributed by atoms with Crippen LogP contribution in [-0.2, 0) is 32.4 Å². The Morgan fingerprint density at radius 1 is 1.05 bits per heavy atom. The first-order valence-electron chi connectivity index (χ1n) is 15.3. The second kappa shape index (κ2) is 14.9. The Morgan fingerprint density at radius 3 is 2.27 bits per heavy atom. The van der Waals surface area contributed by atoms with Gasteiger partial charge in [-0.25, -0.2) is 9.78 Å². The van der Waals surface area contributed by atoms with Gasteiger partial charge in [0.25, 0.3) is 0 Å². The standard InChI is InChI=1S/C26H30F3N3O3.C7H18OSi/c1-24(2,3)35-23(33)32-11-9-25(10-12-32,19-7-5-4-6-8-19)16-34-15-18-13-20(26(27,28)29)14-21-22(18)31-17-30-21;1-5-8-6-7-9(2,3)4/h4-8,13-14,17H,9-12,15-16H2,1-3H3,(H,30,31);5-7H2,1-4H3. The zero-order valence-corrected chi connectivity index (χ0v) is 28.1. The minimum absolute atomic E-state index is 0.00433. The van der Waals surface area contributed by atoms with Gasteiger partial charge in [-0.1, -0.05) is 50.0 Å². The molecule has 0 saturated carbocycles. The molecular formula is C33H48F3N3O4Si. The Hall–Kier alpha value is -2.89. The van der Waals surface area contributed by atoms with Crippen molar-refractivity contribution in [3.8, 4) is 0 Å². The Morgan fingerprint density at radius 2 is 1.70 bits per heavy atom. The quantitative estimate of drug-likeness (QED) is 0.189. The first kappa shape index (κ1) is 35.6. The van der Waals surface area contributed by atoms with E-state index < -0.39 is 25.4 Å². The van der Waals surface area contributed by atoms with E-state index in [4.69, 9.17) is 14.2 Å². The van der Waals surface area contributed by atoms with Crippen LogP contribution in [0.3, 0.4) is 0 Å². The number of H-pyrrole nitrogens is 1. The monoisotopic (exact) mass is 635 g/mol. The molecule has 0 spiro atoms. The predicted molar refractivity (Wildman–Crippen MR) is 171 cm³/mol. The van der Waals surface area contributed by atoms with Crippen LogP contribution in [-0.4, -0.2) is 67.5 Å². The van der Waals surface area contributed by atoms with E-state index in [-0.39, 0.29) is 18.1 Å². The highest BCUT2D eigenvalue weighted by molar-refractivity contribution is 6.76. The number of aromatic nitrogens is 2. The molecule has 1 fully saturated rings. The van der Waals surface area contributed by atoms with E-state index in [9.17, 15) is 18.0 Å². The number of nitrogens with one attached hydrogen (secondary N) is 1. The molecule has 2 heterocycles. The number of fused-ring (bicyclic) bond motifs is 1. The van der Waals surface area contributed by atoms with Gasteiger partial charge in [-0.2, -0.15) is 13.2 Å². The maximum atomic E-state index is 13.4. The van der Waals surface area contributed by atoms with Crippen LogP contribution in [0.25, 0.3) is 11.0 Å². The van der Waals surface area contributed by atoms with Crippen molar-refractivity contribution in [1.29, 1.82) is 0 Å². The lowest BCUT2D eigenvalue weighted by Crippen LogP contribution is -2.48. The third-order valence-electron chi connectivity index (χ3n) is 7.52. The summed E-state index contributed by atoms with van der Waals surface area (Å²) in [7, 11) is -0.819.